The second-order valence-corrected chi connectivity index (χ2v) is 5.69. The van der Waals surface area contributed by atoms with Crippen molar-refractivity contribution in [2.24, 2.45) is 0 Å². The van der Waals surface area contributed by atoms with Crippen LogP contribution in [0.5, 0.6) is 0 Å². The predicted molar refractivity (Wildman–Crippen MR) is 71.8 cm³/mol. The Kier molecular flexibility index (Phi) is 3.78. The molecule has 0 amide bonds. The van der Waals surface area contributed by atoms with E-state index in [1.54, 1.807) is 0 Å². The van der Waals surface area contributed by atoms with Gasteiger partial charge in [0.05, 0.1) is 0 Å². The summed E-state index contributed by atoms with van der Waals surface area (Å²) in [5.41, 5.74) is 0. The van der Waals surface area contributed by atoms with Crippen LogP contribution in [0.2, 0.25) is 0 Å². The number of benzene rings is 1. The van der Waals surface area contributed by atoms with Gasteiger partial charge in [0.1, 0.15) is 0 Å². The third kappa shape index (κ3) is 2.80. The summed E-state index contributed by atoms with van der Waals surface area (Å²) < 4.78 is 2.55. The van der Waals surface area contributed by atoms with Crippen LogP contribution in [0.4, 0.5) is 0 Å². The van der Waals surface area contributed by atoms with Crippen molar-refractivity contribution in [2.45, 2.75) is 12.8 Å². The van der Waals surface area contributed by atoms with Gasteiger partial charge in [-0.2, -0.15) is 0 Å². The van der Waals surface area contributed by atoms with Gasteiger partial charge in [0.2, 0.25) is 0 Å². The van der Waals surface area contributed by atoms with E-state index >= 15 is 0 Å². The highest BCUT2D eigenvalue weighted by Crippen LogP contribution is 2.28. The van der Waals surface area contributed by atoms with E-state index in [1.165, 1.54) is 27.8 Å². The van der Waals surface area contributed by atoms with E-state index in [0.29, 0.717) is 0 Å². The van der Waals surface area contributed by atoms with Crippen molar-refractivity contribution >= 4 is 37.4 Å². The van der Waals surface area contributed by atoms with Crippen LogP contribution in [0.3, 0.4) is 0 Å². The van der Waals surface area contributed by atoms with Gasteiger partial charge in [0, 0.05) is 14.0 Å². The summed E-state index contributed by atoms with van der Waals surface area (Å²) >= 11 is 5.41. The van der Waals surface area contributed by atoms with Gasteiger partial charge in [-0.1, -0.05) is 15.9 Å². The van der Waals surface area contributed by atoms with Crippen molar-refractivity contribution in [3.05, 3.63) is 33.6 Å². The number of hydrogen-bond donors (Lipinski definition) is 1. The predicted octanol–water partition coefficient (Wildman–Crippen LogP) is 3.82. The second-order valence-electron chi connectivity index (χ2n) is 3.60. The summed E-state index contributed by atoms with van der Waals surface area (Å²) in [6.07, 6.45) is 2.39. The highest BCUT2D eigenvalue weighted by atomic mass is 79.9. The Labute approximate surface area is 103 Å². The van der Waals surface area contributed by atoms with Gasteiger partial charge in [-0.15, -0.1) is 11.3 Å². The molecular weight excluding hydrogens is 270 g/mol. The Morgan fingerprint density at radius 3 is 3.00 bits per heavy atom. The molecular formula is C12H14BrNS. The molecule has 0 aliphatic carbocycles. The molecule has 3 heteroatoms. The molecule has 2 rings (SSSR count). The van der Waals surface area contributed by atoms with Crippen molar-refractivity contribution in [1.29, 1.82) is 0 Å². The van der Waals surface area contributed by atoms with Crippen LogP contribution in [0, 0.1) is 0 Å². The molecule has 80 valence electrons. The van der Waals surface area contributed by atoms with Gasteiger partial charge in [-0.05, 0) is 56.1 Å². The summed E-state index contributed by atoms with van der Waals surface area (Å²) in [5, 5.41) is 4.53. The molecule has 0 aliphatic rings. The van der Waals surface area contributed by atoms with Crippen LogP contribution in [0.15, 0.2) is 28.7 Å². The third-order valence-corrected chi connectivity index (χ3v) is 4.05. The molecule has 2 aromatic rings. The first-order valence-electron chi connectivity index (χ1n) is 5.12. The lowest BCUT2D eigenvalue weighted by Crippen LogP contribution is -2.07. The van der Waals surface area contributed by atoms with Gasteiger partial charge in [-0.3, -0.25) is 0 Å². The van der Waals surface area contributed by atoms with Gasteiger partial charge >= 0.3 is 0 Å². The van der Waals surface area contributed by atoms with Gasteiger partial charge in [-0.25, -0.2) is 0 Å². The molecule has 15 heavy (non-hydrogen) atoms. The number of halogens is 1. The topological polar surface area (TPSA) is 12.0 Å². The molecule has 0 spiro atoms. The van der Waals surface area contributed by atoms with E-state index in [2.05, 4.69) is 45.5 Å². The van der Waals surface area contributed by atoms with E-state index in [1.807, 2.05) is 18.4 Å². The summed E-state index contributed by atoms with van der Waals surface area (Å²) in [5.74, 6) is 0. The standard InChI is InChI=1S/C12H14BrNS/c1-14-6-2-3-11-8-9-7-10(13)4-5-12(9)15-11/h4-5,7-8,14H,2-3,6H2,1H3. The average Bonchev–Trinajstić information content (AvgIpc) is 2.60. The quantitative estimate of drug-likeness (QED) is 0.842. The Hall–Kier alpha value is -0.380. The smallest absolute Gasteiger partial charge is 0.0346 e. The molecule has 1 aromatic carbocycles. The fraction of sp³-hybridized carbons (Fsp3) is 0.333. The van der Waals surface area contributed by atoms with E-state index in [4.69, 9.17) is 0 Å². The fourth-order valence-electron chi connectivity index (χ4n) is 1.63. The minimum atomic E-state index is 1.10. The zero-order valence-electron chi connectivity index (χ0n) is 8.72. The number of rotatable bonds is 4. The van der Waals surface area contributed by atoms with E-state index in [9.17, 15) is 0 Å². The Bertz CT molecular complexity index is 450. The van der Waals surface area contributed by atoms with Crippen LogP contribution in [0.1, 0.15) is 11.3 Å². The summed E-state index contributed by atoms with van der Waals surface area (Å²) in [7, 11) is 2.00. The normalized spacial score (nSPS) is 11.1. The van der Waals surface area contributed by atoms with E-state index in [0.717, 1.165) is 11.0 Å². The molecule has 1 aromatic heterocycles. The molecule has 1 N–H and O–H groups in total. The van der Waals surface area contributed by atoms with Crippen LogP contribution in [-0.4, -0.2) is 13.6 Å². The number of fused-ring (bicyclic) bond motifs is 1. The highest BCUT2D eigenvalue weighted by Gasteiger charge is 2.01. The van der Waals surface area contributed by atoms with Crippen LogP contribution in [-0.2, 0) is 6.42 Å². The molecule has 0 bridgehead atoms. The van der Waals surface area contributed by atoms with Crippen molar-refractivity contribution in [3.8, 4) is 0 Å². The van der Waals surface area contributed by atoms with Crippen LogP contribution >= 0.6 is 27.3 Å². The lowest BCUT2D eigenvalue weighted by molar-refractivity contribution is 0.729. The molecule has 0 atom stereocenters. The molecule has 0 saturated heterocycles. The Morgan fingerprint density at radius 2 is 2.20 bits per heavy atom. The maximum atomic E-state index is 3.50. The average molecular weight is 284 g/mol. The van der Waals surface area contributed by atoms with E-state index < -0.39 is 0 Å². The van der Waals surface area contributed by atoms with Gasteiger partial charge in [0.15, 0.2) is 0 Å². The van der Waals surface area contributed by atoms with Crippen molar-refractivity contribution in [2.75, 3.05) is 13.6 Å². The molecule has 0 unspecified atom stereocenters. The molecule has 0 aliphatic heterocycles. The second kappa shape index (κ2) is 5.10. The van der Waals surface area contributed by atoms with E-state index in [-0.39, 0.29) is 0 Å². The van der Waals surface area contributed by atoms with Gasteiger partial charge in [0.25, 0.3) is 0 Å². The van der Waals surface area contributed by atoms with Crippen molar-refractivity contribution in [1.82, 2.24) is 5.32 Å². The fourth-order valence-corrected chi connectivity index (χ4v) is 3.10. The Balaban J connectivity index is 2.16. The molecule has 0 radical (unpaired) electrons. The molecule has 1 nitrogen and oxygen atoms in total. The van der Waals surface area contributed by atoms with Crippen LogP contribution in [0.25, 0.3) is 10.1 Å². The number of hydrogen-bond acceptors (Lipinski definition) is 2. The SMILES string of the molecule is CNCCCc1cc2cc(Br)ccc2s1. The lowest BCUT2D eigenvalue weighted by Gasteiger charge is -1.95. The maximum Gasteiger partial charge on any atom is 0.0346 e. The summed E-state index contributed by atoms with van der Waals surface area (Å²) in [4.78, 5) is 1.48. The van der Waals surface area contributed by atoms with Crippen molar-refractivity contribution in [3.63, 3.8) is 0 Å². The minimum absolute atomic E-state index is 1.10. The number of aryl methyl sites for hydroxylation is 1. The largest absolute Gasteiger partial charge is 0.320 e. The van der Waals surface area contributed by atoms with Crippen LogP contribution < -0.4 is 5.32 Å². The Morgan fingerprint density at radius 1 is 1.33 bits per heavy atom. The highest BCUT2D eigenvalue weighted by molar-refractivity contribution is 9.10. The monoisotopic (exact) mass is 283 g/mol. The van der Waals surface area contributed by atoms with Crippen molar-refractivity contribution < 1.29 is 0 Å². The summed E-state index contributed by atoms with van der Waals surface area (Å²) in [6.45, 7) is 1.10. The first-order valence-corrected chi connectivity index (χ1v) is 6.73. The molecule has 1 heterocycles. The molecule has 0 fully saturated rings. The lowest BCUT2D eigenvalue weighted by atomic mass is 10.2. The first kappa shape index (κ1) is 11.1. The molecule has 0 saturated carbocycles. The number of nitrogens with one attached hydrogen (secondary N) is 1. The minimum Gasteiger partial charge on any atom is -0.320 e. The van der Waals surface area contributed by atoms with Gasteiger partial charge < -0.3 is 5.32 Å². The first-order chi connectivity index (χ1) is 7.29. The maximum absolute atomic E-state index is 3.50. The zero-order valence-corrected chi connectivity index (χ0v) is 11.1. The number of thiophene rings is 1. The third-order valence-electron chi connectivity index (χ3n) is 2.38. The summed E-state index contributed by atoms with van der Waals surface area (Å²) in [6, 6.07) is 8.79. The zero-order chi connectivity index (χ0) is 10.7.